The molecule has 3 aromatic heterocycles. The van der Waals surface area contributed by atoms with Gasteiger partial charge >= 0.3 is 5.97 Å². The lowest BCUT2D eigenvalue weighted by Crippen LogP contribution is -2.10. The number of nitrogens with zero attached hydrogens (tertiary/aromatic N) is 4. The van der Waals surface area contributed by atoms with E-state index in [0.717, 1.165) is 67.6 Å². The van der Waals surface area contributed by atoms with Crippen LogP contribution in [0.15, 0.2) is 55.1 Å². The summed E-state index contributed by atoms with van der Waals surface area (Å²) in [5, 5.41) is 20.1. The molecule has 0 saturated carbocycles. The van der Waals surface area contributed by atoms with Gasteiger partial charge in [0.1, 0.15) is 11.4 Å². The van der Waals surface area contributed by atoms with E-state index in [-0.39, 0.29) is 6.42 Å². The van der Waals surface area contributed by atoms with Crippen LogP contribution in [0.5, 0.6) is 5.75 Å². The van der Waals surface area contributed by atoms with Gasteiger partial charge in [0.15, 0.2) is 0 Å². The highest BCUT2D eigenvalue weighted by Gasteiger charge is 2.22. The molecule has 0 bridgehead atoms. The number of hydrogen-bond acceptors (Lipinski definition) is 6. The fraction of sp³-hybridized carbons (Fsp3) is 0.290. The summed E-state index contributed by atoms with van der Waals surface area (Å²) >= 11 is 0. The largest absolute Gasteiger partial charge is 0.493 e. The van der Waals surface area contributed by atoms with Crippen LogP contribution in [0.4, 0.5) is 0 Å². The first-order valence-corrected chi connectivity index (χ1v) is 12.9. The number of pyridine rings is 2. The van der Waals surface area contributed by atoms with E-state index in [1.54, 1.807) is 27.1 Å². The number of carboxylic acids is 1. The second-order valence-corrected chi connectivity index (χ2v) is 10.9. The SMILES string of the molecule is CC(C)(C)O.Cc1cc2nc(-c3cn(C)cn3)ccc2c(-c2ccc3c4c(ccnc24)CCO3)c1CC(=O)O. The van der Waals surface area contributed by atoms with Gasteiger partial charge in [-0.3, -0.25) is 9.78 Å². The van der Waals surface area contributed by atoms with Crippen molar-refractivity contribution < 1.29 is 19.7 Å². The molecule has 0 atom stereocenters. The number of ether oxygens (including phenoxy) is 1. The Kier molecular flexibility index (Phi) is 6.82. The van der Waals surface area contributed by atoms with Gasteiger partial charge < -0.3 is 19.5 Å². The minimum Gasteiger partial charge on any atom is -0.493 e. The van der Waals surface area contributed by atoms with E-state index in [1.807, 2.05) is 67.3 Å². The summed E-state index contributed by atoms with van der Waals surface area (Å²) in [5.74, 6) is -0.0544. The molecule has 0 saturated heterocycles. The molecule has 5 aromatic rings. The van der Waals surface area contributed by atoms with Crippen LogP contribution in [0, 0.1) is 6.92 Å². The maximum Gasteiger partial charge on any atom is 0.307 e. The predicted octanol–water partition coefficient (Wildman–Crippen LogP) is 5.50. The fourth-order valence-corrected chi connectivity index (χ4v) is 4.93. The summed E-state index contributed by atoms with van der Waals surface area (Å²) in [6.45, 7) is 7.81. The third-order valence-electron chi connectivity index (χ3n) is 6.46. The quantitative estimate of drug-likeness (QED) is 0.319. The Hall–Kier alpha value is -4.30. The zero-order valence-corrected chi connectivity index (χ0v) is 22.8. The van der Waals surface area contributed by atoms with Crippen molar-refractivity contribution in [1.29, 1.82) is 0 Å². The number of aliphatic hydroxyl groups is 1. The number of benzene rings is 2. The fourth-order valence-electron chi connectivity index (χ4n) is 4.93. The Morgan fingerprint density at radius 3 is 2.56 bits per heavy atom. The van der Waals surface area contributed by atoms with Gasteiger partial charge in [0.05, 0.1) is 41.7 Å². The van der Waals surface area contributed by atoms with Crippen LogP contribution in [-0.2, 0) is 24.7 Å². The van der Waals surface area contributed by atoms with E-state index < -0.39 is 11.6 Å². The van der Waals surface area contributed by atoms with Crippen molar-refractivity contribution in [3.63, 3.8) is 0 Å². The lowest BCUT2D eigenvalue weighted by Gasteiger charge is -2.21. The lowest BCUT2D eigenvalue weighted by molar-refractivity contribution is -0.136. The van der Waals surface area contributed by atoms with E-state index in [4.69, 9.17) is 19.8 Å². The summed E-state index contributed by atoms with van der Waals surface area (Å²) in [5.41, 5.74) is 7.28. The first kappa shape index (κ1) is 26.3. The number of imidazole rings is 1. The summed E-state index contributed by atoms with van der Waals surface area (Å²) < 4.78 is 7.79. The number of hydrogen-bond donors (Lipinski definition) is 2. The summed E-state index contributed by atoms with van der Waals surface area (Å²) in [7, 11) is 1.92. The predicted molar refractivity (Wildman–Crippen MR) is 152 cm³/mol. The smallest absolute Gasteiger partial charge is 0.307 e. The topological polar surface area (TPSA) is 110 Å². The number of aliphatic carboxylic acids is 1. The van der Waals surface area contributed by atoms with Crippen molar-refractivity contribution >= 4 is 27.8 Å². The van der Waals surface area contributed by atoms with E-state index >= 15 is 0 Å². The molecule has 0 unspecified atom stereocenters. The van der Waals surface area contributed by atoms with E-state index in [1.165, 1.54) is 5.56 Å². The van der Waals surface area contributed by atoms with Crippen LogP contribution in [0.25, 0.3) is 44.3 Å². The Balaban J connectivity index is 0.000000567. The second-order valence-electron chi connectivity index (χ2n) is 10.9. The third kappa shape index (κ3) is 5.47. The average Bonchev–Trinajstić information content (AvgIpc) is 3.30. The maximum atomic E-state index is 11.8. The monoisotopic (exact) mass is 524 g/mol. The summed E-state index contributed by atoms with van der Waals surface area (Å²) in [6.07, 6.45) is 6.23. The van der Waals surface area contributed by atoms with Crippen molar-refractivity contribution in [2.75, 3.05) is 6.61 Å². The van der Waals surface area contributed by atoms with Gasteiger partial charge in [0.2, 0.25) is 0 Å². The Labute approximate surface area is 226 Å². The van der Waals surface area contributed by atoms with Gasteiger partial charge in [-0.05, 0) is 86.3 Å². The molecule has 39 heavy (non-hydrogen) atoms. The van der Waals surface area contributed by atoms with Gasteiger partial charge in [0.25, 0.3) is 0 Å². The van der Waals surface area contributed by atoms with Crippen LogP contribution in [-0.4, -0.2) is 47.9 Å². The van der Waals surface area contributed by atoms with Crippen molar-refractivity contribution in [1.82, 2.24) is 19.5 Å². The Morgan fingerprint density at radius 2 is 1.87 bits per heavy atom. The van der Waals surface area contributed by atoms with Crippen LogP contribution in [0.3, 0.4) is 0 Å². The van der Waals surface area contributed by atoms with Gasteiger partial charge in [-0.15, -0.1) is 0 Å². The molecule has 0 amide bonds. The molecule has 0 radical (unpaired) electrons. The minimum atomic E-state index is -0.874. The van der Waals surface area contributed by atoms with Gasteiger partial charge in [-0.1, -0.05) is 0 Å². The molecular formula is C31H32N4O4. The summed E-state index contributed by atoms with van der Waals surface area (Å²) in [4.78, 5) is 25.9. The van der Waals surface area contributed by atoms with E-state index in [0.29, 0.717) is 6.61 Å². The van der Waals surface area contributed by atoms with Crippen molar-refractivity contribution in [2.45, 2.75) is 46.1 Å². The first-order valence-electron chi connectivity index (χ1n) is 12.9. The molecule has 1 aliphatic heterocycles. The average molecular weight is 525 g/mol. The number of fused-ring (bicyclic) bond motifs is 1. The third-order valence-corrected chi connectivity index (χ3v) is 6.46. The van der Waals surface area contributed by atoms with Gasteiger partial charge in [0, 0.05) is 42.2 Å². The van der Waals surface area contributed by atoms with Gasteiger partial charge in [-0.25, -0.2) is 9.97 Å². The number of carboxylic acid groups (broad SMARTS) is 1. The first-order chi connectivity index (χ1) is 18.5. The molecule has 2 aromatic carbocycles. The van der Waals surface area contributed by atoms with Crippen LogP contribution in [0.1, 0.15) is 37.5 Å². The molecule has 0 aliphatic carbocycles. The highest BCUT2D eigenvalue weighted by Crippen LogP contribution is 2.42. The van der Waals surface area contributed by atoms with E-state index in [9.17, 15) is 9.90 Å². The van der Waals surface area contributed by atoms with Crippen LogP contribution >= 0.6 is 0 Å². The zero-order chi connectivity index (χ0) is 27.9. The Morgan fingerprint density at radius 1 is 1.10 bits per heavy atom. The molecule has 2 N–H and O–H groups in total. The number of aromatic nitrogens is 4. The maximum absolute atomic E-state index is 11.8. The molecular weight excluding hydrogens is 492 g/mol. The summed E-state index contributed by atoms with van der Waals surface area (Å²) in [6, 6.07) is 11.9. The molecule has 0 spiro atoms. The van der Waals surface area contributed by atoms with Crippen LogP contribution in [0.2, 0.25) is 0 Å². The molecule has 8 nitrogen and oxygen atoms in total. The molecule has 8 heteroatoms. The minimum absolute atomic E-state index is 0.0848. The lowest BCUT2D eigenvalue weighted by atomic mass is 9.87. The zero-order valence-electron chi connectivity index (χ0n) is 22.8. The number of aryl methyl sites for hydroxylation is 2. The van der Waals surface area contributed by atoms with Crippen molar-refractivity contribution in [2.24, 2.45) is 7.05 Å². The van der Waals surface area contributed by atoms with Crippen LogP contribution < -0.4 is 4.74 Å². The second kappa shape index (κ2) is 10.1. The number of carbonyl (C=O) groups is 1. The van der Waals surface area contributed by atoms with E-state index in [2.05, 4.69) is 4.98 Å². The highest BCUT2D eigenvalue weighted by atomic mass is 16.5. The molecule has 6 rings (SSSR count). The van der Waals surface area contributed by atoms with Crippen molar-refractivity contribution in [3.05, 3.63) is 71.8 Å². The van der Waals surface area contributed by atoms with Gasteiger partial charge in [-0.2, -0.15) is 0 Å². The molecule has 200 valence electrons. The normalized spacial score (nSPS) is 12.7. The molecule has 4 heterocycles. The standard InChI is InChI=1S/C27H22N4O3.C4H10O/c1-15-11-21-17(3-5-20(30-21)22-13-31(2)14-29-22)26(19(15)12-24(32)33)18-4-6-23-25-16(8-10-34-23)7-9-28-27(18)25;1-4(2,3)5/h3-7,9,11,13-14H,8,10,12H2,1-2H3,(H,32,33);5H,1-3H3. The highest BCUT2D eigenvalue weighted by molar-refractivity contribution is 6.08. The number of rotatable bonds is 4. The Bertz CT molecular complexity index is 1700. The van der Waals surface area contributed by atoms with Crippen molar-refractivity contribution in [3.8, 4) is 28.3 Å². The molecule has 0 fully saturated rings. The molecule has 1 aliphatic rings.